The normalized spacial score (nSPS) is 11.3. The number of ketones is 1. The molecule has 0 aliphatic rings. The van der Waals surface area contributed by atoms with Crippen LogP contribution in [0.1, 0.15) is 35.3 Å². The summed E-state index contributed by atoms with van der Waals surface area (Å²) in [6, 6.07) is 13.2. The summed E-state index contributed by atoms with van der Waals surface area (Å²) in [6.07, 6.45) is 0. The summed E-state index contributed by atoms with van der Waals surface area (Å²) in [5.41, 5.74) is 1.75. The van der Waals surface area contributed by atoms with Gasteiger partial charge in [-0.1, -0.05) is 36.4 Å². The zero-order valence-electron chi connectivity index (χ0n) is 17.0. The average molecular weight is 429 g/mol. The molecule has 0 aromatic heterocycles. The van der Waals surface area contributed by atoms with Crippen molar-refractivity contribution in [1.82, 2.24) is 5.32 Å². The molecule has 0 heterocycles. The lowest BCUT2D eigenvalue weighted by Gasteiger charge is -2.14. The summed E-state index contributed by atoms with van der Waals surface area (Å²) in [4.78, 5) is 47.5. The quantitative estimate of drug-likeness (QED) is 0.639. The van der Waals surface area contributed by atoms with Crippen LogP contribution in [0, 0.1) is 6.92 Å². The monoisotopic (exact) mass is 429 g/mol. The molecule has 1 atom stereocenters. The number of thioether (sulfide) groups is 1. The highest BCUT2D eigenvalue weighted by atomic mass is 32.2. The van der Waals surface area contributed by atoms with E-state index in [-0.39, 0.29) is 35.4 Å². The van der Waals surface area contributed by atoms with Crippen LogP contribution in [0.4, 0.5) is 4.79 Å². The van der Waals surface area contributed by atoms with Gasteiger partial charge in [-0.15, -0.1) is 0 Å². The summed E-state index contributed by atoms with van der Waals surface area (Å²) in [7, 11) is 0. The number of hydrogen-bond acceptors (Lipinski definition) is 7. The number of ether oxygens (including phenoxy) is 2. The van der Waals surface area contributed by atoms with Gasteiger partial charge in [-0.3, -0.25) is 9.59 Å². The van der Waals surface area contributed by atoms with E-state index in [9.17, 15) is 19.2 Å². The molecule has 0 saturated carbocycles. The van der Waals surface area contributed by atoms with Crippen LogP contribution in [0.3, 0.4) is 0 Å². The van der Waals surface area contributed by atoms with Gasteiger partial charge in [0.05, 0.1) is 6.04 Å². The van der Waals surface area contributed by atoms with Crippen molar-refractivity contribution < 1.29 is 28.7 Å². The molecule has 30 heavy (non-hydrogen) atoms. The molecule has 1 amide bonds. The lowest BCUT2D eigenvalue weighted by Crippen LogP contribution is -2.40. The molecule has 0 aliphatic heterocycles. The summed E-state index contributed by atoms with van der Waals surface area (Å²) in [5, 5.41) is 1.78. The van der Waals surface area contributed by atoms with E-state index >= 15 is 0 Å². The smallest absolute Gasteiger partial charge is 0.372 e. The van der Waals surface area contributed by atoms with Crippen LogP contribution < -0.4 is 10.1 Å². The Hall–Kier alpha value is -3.13. The summed E-state index contributed by atoms with van der Waals surface area (Å²) >= 11 is 0.737. The van der Waals surface area contributed by atoms with Crippen molar-refractivity contribution in [2.45, 2.75) is 33.4 Å². The number of Topliss-reactive ketones (excluding diaryl/α,β-unsaturated/α-hetero) is 1. The molecule has 7 nitrogen and oxygen atoms in total. The lowest BCUT2D eigenvalue weighted by molar-refractivity contribution is -0.125. The molecule has 2 aromatic carbocycles. The summed E-state index contributed by atoms with van der Waals surface area (Å²) < 4.78 is 10.7. The number of esters is 1. The van der Waals surface area contributed by atoms with Gasteiger partial charge in [0.15, 0.2) is 5.78 Å². The predicted molar refractivity (Wildman–Crippen MR) is 114 cm³/mol. The van der Waals surface area contributed by atoms with Crippen LogP contribution in [-0.4, -0.2) is 34.8 Å². The molecule has 0 radical (unpaired) electrons. The van der Waals surface area contributed by atoms with E-state index in [0.29, 0.717) is 0 Å². The molecule has 0 fully saturated rings. The van der Waals surface area contributed by atoms with E-state index in [2.05, 4.69) is 5.32 Å². The van der Waals surface area contributed by atoms with E-state index in [1.165, 1.54) is 19.9 Å². The number of aryl methyl sites for hydroxylation is 1. The number of rotatable bonds is 8. The van der Waals surface area contributed by atoms with Crippen LogP contribution in [-0.2, 0) is 20.9 Å². The number of carbonyl (C=O) groups excluding carboxylic acids is 4. The molecule has 2 rings (SSSR count). The van der Waals surface area contributed by atoms with Crippen molar-refractivity contribution in [2.24, 2.45) is 0 Å². The van der Waals surface area contributed by atoms with E-state index < -0.39 is 17.3 Å². The molecular weight excluding hydrogens is 406 g/mol. The molecule has 0 aliphatic carbocycles. The van der Waals surface area contributed by atoms with Gasteiger partial charge in [-0.2, -0.15) is 0 Å². The average Bonchev–Trinajstić information content (AvgIpc) is 2.69. The first-order valence-electron chi connectivity index (χ1n) is 9.20. The minimum Gasteiger partial charge on any atom is -0.457 e. The van der Waals surface area contributed by atoms with Gasteiger partial charge in [-0.05, 0) is 48.9 Å². The Labute approximate surface area is 179 Å². The van der Waals surface area contributed by atoms with Gasteiger partial charge >= 0.3 is 11.3 Å². The van der Waals surface area contributed by atoms with E-state index in [4.69, 9.17) is 9.47 Å². The van der Waals surface area contributed by atoms with Gasteiger partial charge in [0.25, 0.3) is 0 Å². The lowest BCUT2D eigenvalue weighted by atomic mass is 10.1. The van der Waals surface area contributed by atoms with Crippen LogP contribution in [0.25, 0.3) is 0 Å². The molecule has 1 unspecified atom stereocenters. The Morgan fingerprint density at radius 2 is 1.73 bits per heavy atom. The minimum atomic E-state index is -0.798. The molecule has 158 valence electrons. The van der Waals surface area contributed by atoms with Crippen molar-refractivity contribution in [3.05, 3.63) is 65.2 Å². The first-order valence-corrected chi connectivity index (χ1v) is 10.2. The van der Waals surface area contributed by atoms with Crippen molar-refractivity contribution in [2.75, 3.05) is 5.75 Å². The SMILES string of the molecule is CC(=O)NC(CSC(=O)Oc1cc(C)ccc1C(=O)OCc1ccccc1)C(C)=O. The number of amides is 1. The van der Waals surface area contributed by atoms with Crippen LogP contribution >= 0.6 is 11.8 Å². The molecule has 1 N–H and O–H groups in total. The topological polar surface area (TPSA) is 98.8 Å². The first-order chi connectivity index (χ1) is 14.3. The van der Waals surface area contributed by atoms with Crippen LogP contribution in [0.15, 0.2) is 48.5 Å². The maximum absolute atomic E-state index is 12.5. The number of hydrogen-bond donors (Lipinski definition) is 1. The van der Waals surface area contributed by atoms with Crippen molar-refractivity contribution in [1.29, 1.82) is 0 Å². The Bertz CT molecular complexity index is 928. The van der Waals surface area contributed by atoms with Gasteiger partial charge in [0, 0.05) is 12.7 Å². The maximum Gasteiger partial charge on any atom is 0.372 e. The Morgan fingerprint density at radius 1 is 1.03 bits per heavy atom. The number of benzene rings is 2. The minimum absolute atomic E-state index is 0.0212. The fourth-order valence-corrected chi connectivity index (χ4v) is 3.23. The highest BCUT2D eigenvalue weighted by Crippen LogP contribution is 2.24. The fraction of sp³-hybridized carbons (Fsp3) is 0.273. The van der Waals surface area contributed by atoms with Gasteiger partial charge < -0.3 is 14.8 Å². The summed E-state index contributed by atoms with van der Waals surface area (Å²) in [5.74, 6) is -1.17. The summed E-state index contributed by atoms with van der Waals surface area (Å²) in [6.45, 7) is 4.51. The Balaban J connectivity index is 2.03. The van der Waals surface area contributed by atoms with Gasteiger partial charge in [0.2, 0.25) is 5.91 Å². The predicted octanol–water partition coefficient (Wildman–Crippen LogP) is 3.68. The van der Waals surface area contributed by atoms with Crippen LogP contribution in [0.5, 0.6) is 5.75 Å². The molecular formula is C22H23NO6S. The van der Waals surface area contributed by atoms with Crippen molar-refractivity contribution in [3.63, 3.8) is 0 Å². The fourth-order valence-electron chi connectivity index (χ4n) is 2.46. The zero-order valence-corrected chi connectivity index (χ0v) is 17.8. The Kier molecular flexibility index (Phi) is 8.61. The van der Waals surface area contributed by atoms with Gasteiger partial charge in [-0.25, -0.2) is 9.59 Å². The van der Waals surface area contributed by atoms with Gasteiger partial charge in [0.1, 0.15) is 17.9 Å². The third kappa shape index (κ3) is 7.36. The highest BCUT2D eigenvalue weighted by molar-refractivity contribution is 8.13. The number of carbonyl (C=O) groups is 4. The third-order valence-corrected chi connectivity index (χ3v) is 4.82. The van der Waals surface area contributed by atoms with Crippen molar-refractivity contribution >= 4 is 34.7 Å². The molecule has 0 bridgehead atoms. The Morgan fingerprint density at radius 3 is 2.37 bits per heavy atom. The number of nitrogens with one attached hydrogen (secondary N) is 1. The standard InChI is InChI=1S/C22H23NO6S/c1-14-9-10-18(21(26)28-12-17-7-5-4-6-8-17)20(11-14)29-22(27)30-13-19(15(2)24)23-16(3)25/h4-11,19H,12-13H2,1-3H3,(H,23,25). The molecule has 0 saturated heterocycles. The largest absolute Gasteiger partial charge is 0.457 e. The van der Waals surface area contributed by atoms with E-state index in [1.54, 1.807) is 19.1 Å². The molecule has 0 spiro atoms. The maximum atomic E-state index is 12.5. The first kappa shape index (κ1) is 23.2. The van der Waals surface area contributed by atoms with Crippen molar-refractivity contribution in [3.8, 4) is 5.75 Å². The van der Waals surface area contributed by atoms with E-state index in [1.807, 2.05) is 30.3 Å². The molecule has 2 aromatic rings. The third-order valence-electron chi connectivity index (χ3n) is 4.00. The van der Waals surface area contributed by atoms with E-state index in [0.717, 1.165) is 22.9 Å². The second-order valence-electron chi connectivity index (χ2n) is 6.59. The van der Waals surface area contributed by atoms with Crippen LogP contribution in [0.2, 0.25) is 0 Å². The second-order valence-corrected chi connectivity index (χ2v) is 7.54. The highest BCUT2D eigenvalue weighted by Gasteiger charge is 2.21. The molecule has 8 heteroatoms. The second kappa shape index (κ2) is 11.2. The zero-order chi connectivity index (χ0) is 22.1.